The van der Waals surface area contributed by atoms with Gasteiger partial charge >= 0.3 is 5.97 Å². The number of halogens is 1. The van der Waals surface area contributed by atoms with Crippen LogP contribution < -0.4 is 4.72 Å². The van der Waals surface area contributed by atoms with Crippen molar-refractivity contribution < 1.29 is 22.7 Å². The Bertz CT molecular complexity index is 860. The average Bonchev–Trinajstić information content (AvgIpc) is 2.99. The van der Waals surface area contributed by atoms with Gasteiger partial charge in [-0.1, -0.05) is 24.6 Å². The summed E-state index contributed by atoms with van der Waals surface area (Å²) in [5, 5.41) is 0. The van der Waals surface area contributed by atoms with Crippen molar-refractivity contribution in [3.8, 4) is 0 Å². The third-order valence-electron chi connectivity index (χ3n) is 2.90. The Labute approximate surface area is 148 Å². The van der Waals surface area contributed by atoms with E-state index >= 15 is 0 Å². The summed E-state index contributed by atoms with van der Waals surface area (Å²) in [5.41, 5.74) is 0.0472. The van der Waals surface area contributed by atoms with Crippen LogP contribution in [0, 0.1) is 0 Å². The van der Waals surface area contributed by atoms with E-state index in [-0.39, 0.29) is 22.8 Å². The molecule has 0 amide bonds. The van der Waals surface area contributed by atoms with Crippen LogP contribution in [-0.2, 0) is 14.8 Å². The van der Waals surface area contributed by atoms with Crippen LogP contribution in [0.25, 0.3) is 0 Å². The summed E-state index contributed by atoms with van der Waals surface area (Å²) in [6.07, 6.45) is 0. The van der Waals surface area contributed by atoms with Crippen LogP contribution in [0.3, 0.4) is 0 Å². The second kappa shape index (κ2) is 7.89. The molecule has 1 aromatic carbocycles. The lowest BCUT2D eigenvalue weighted by Gasteiger charge is -2.07. The van der Waals surface area contributed by atoms with Crippen molar-refractivity contribution in [1.29, 1.82) is 0 Å². The predicted octanol–water partition coefficient (Wildman–Crippen LogP) is 2.74. The van der Waals surface area contributed by atoms with Gasteiger partial charge in [0.15, 0.2) is 6.61 Å². The highest BCUT2D eigenvalue weighted by molar-refractivity contribution is 7.89. The number of ether oxygens (including phenoxy) is 1. The standard InChI is InChI=1S/C15H14ClNO5S2/c1-2-17-24(20,21)11-5-3-4-10(8-11)15(19)22-9-12(18)13-6-7-14(16)23-13/h3-8,17H,2,9H2,1H3. The third-order valence-corrected chi connectivity index (χ3v) is 5.71. The number of hydrogen-bond acceptors (Lipinski definition) is 6. The first-order valence-electron chi connectivity index (χ1n) is 6.89. The molecule has 0 bridgehead atoms. The number of esters is 1. The summed E-state index contributed by atoms with van der Waals surface area (Å²) in [6.45, 7) is 1.44. The van der Waals surface area contributed by atoms with E-state index in [9.17, 15) is 18.0 Å². The molecular weight excluding hydrogens is 374 g/mol. The molecule has 9 heteroatoms. The van der Waals surface area contributed by atoms with E-state index in [1.54, 1.807) is 19.1 Å². The molecule has 0 atom stereocenters. The first kappa shape index (κ1) is 18.6. The van der Waals surface area contributed by atoms with Crippen molar-refractivity contribution in [2.75, 3.05) is 13.2 Å². The third kappa shape index (κ3) is 4.64. The minimum atomic E-state index is -3.68. The van der Waals surface area contributed by atoms with Crippen LogP contribution in [-0.4, -0.2) is 33.3 Å². The van der Waals surface area contributed by atoms with E-state index < -0.39 is 22.6 Å². The number of carbonyl (C=O) groups is 2. The summed E-state index contributed by atoms with van der Waals surface area (Å²) in [6, 6.07) is 8.55. The predicted molar refractivity (Wildman–Crippen MR) is 91.2 cm³/mol. The Kier molecular flexibility index (Phi) is 6.11. The smallest absolute Gasteiger partial charge is 0.338 e. The van der Waals surface area contributed by atoms with E-state index in [0.29, 0.717) is 9.21 Å². The summed E-state index contributed by atoms with van der Waals surface area (Å²) < 4.78 is 31.6. The Morgan fingerprint density at radius 2 is 2.00 bits per heavy atom. The Balaban J connectivity index is 2.06. The van der Waals surface area contributed by atoms with Crippen molar-refractivity contribution in [2.24, 2.45) is 0 Å². The maximum Gasteiger partial charge on any atom is 0.338 e. The molecule has 1 aromatic heterocycles. The van der Waals surface area contributed by atoms with E-state index in [4.69, 9.17) is 16.3 Å². The summed E-state index contributed by atoms with van der Waals surface area (Å²) >= 11 is 6.84. The zero-order valence-corrected chi connectivity index (χ0v) is 15.0. The Morgan fingerprint density at radius 3 is 2.62 bits per heavy atom. The highest BCUT2D eigenvalue weighted by atomic mass is 35.5. The second-order valence-corrected chi connectivity index (χ2v) is 8.11. The fourth-order valence-electron chi connectivity index (χ4n) is 1.81. The van der Waals surface area contributed by atoms with Crippen LogP contribution in [0.5, 0.6) is 0 Å². The van der Waals surface area contributed by atoms with Crippen molar-refractivity contribution in [3.63, 3.8) is 0 Å². The summed E-state index contributed by atoms with van der Waals surface area (Å²) in [7, 11) is -3.68. The first-order valence-corrected chi connectivity index (χ1v) is 9.56. The van der Waals surface area contributed by atoms with Crippen LogP contribution in [0.2, 0.25) is 4.34 Å². The molecule has 0 spiro atoms. The monoisotopic (exact) mass is 387 g/mol. The molecule has 6 nitrogen and oxygen atoms in total. The van der Waals surface area contributed by atoms with Crippen LogP contribution in [0.4, 0.5) is 0 Å². The van der Waals surface area contributed by atoms with Crippen LogP contribution in [0.1, 0.15) is 27.0 Å². The van der Waals surface area contributed by atoms with Gasteiger partial charge in [0, 0.05) is 6.54 Å². The zero-order valence-electron chi connectivity index (χ0n) is 12.6. The maximum atomic E-state index is 12.0. The molecule has 1 N–H and O–H groups in total. The molecule has 128 valence electrons. The summed E-state index contributed by atoms with van der Waals surface area (Å²) in [5.74, 6) is -1.16. The zero-order chi connectivity index (χ0) is 17.7. The van der Waals surface area contributed by atoms with Crippen LogP contribution in [0.15, 0.2) is 41.3 Å². The van der Waals surface area contributed by atoms with Crippen LogP contribution >= 0.6 is 22.9 Å². The second-order valence-electron chi connectivity index (χ2n) is 4.63. The number of carbonyl (C=O) groups excluding carboxylic acids is 2. The maximum absolute atomic E-state index is 12.0. The number of benzene rings is 1. The van der Waals surface area contributed by atoms with Gasteiger partial charge in [0.2, 0.25) is 15.8 Å². The fraction of sp³-hybridized carbons (Fsp3) is 0.200. The topological polar surface area (TPSA) is 89.5 Å². The molecule has 24 heavy (non-hydrogen) atoms. The molecule has 2 rings (SSSR count). The lowest BCUT2D eigenvalue weighted by Crippen LogP contribution is -2.23. The van der Waals surface area contributed by atoms with Gasteiger partial charge in [0.1, 0.15) is 0 Å². The SMILES string of the molecule is CCNS(=O)(=O)c1cccc(C(=O)OCC(=O)c2ccc(Cl)s2)c1. The number of Topliss-reactive ketones (excluding diaryl/α,β-unsaturated/α-hetero) is 1. The number of hydrogen-bond donors (Lipinski definition) is 1. The molecule has 0 aliphatic rings. The molecule has 0 saturated heterocycles. The lowest BCUT2D eigenvalue weighted by atomic mass is 10.2. The minimum absolute atomic E-state index is 0.0461. The molecule has 0 saturated carbocycles. The lowest BCUT2D eigenvalue weighted by molar-refractivity contribution is 0.0475. The average molecular weight is 388 g/mol. The molecule has 0 aliphatic carbocycles. The normalized spacial score (nSPS) is 11.2. The van der Waals surface area contributed by atoms with Gasteiger partial charge in [0.25, 0.3) is 0 Å². The van der Waals surface area contributed by atoms with Gasteiger partial charge in [0.05, 0.1) is 19.7 Å². The number of ketones is 1. The largest absolute Gasteiger partial charge is 0.454 e. The van der Waals surface area contributed by atoms with Gasteiger partial charge in [-0.05, 0) is 30.3 Å². The minimum Gasteiger partial charge on any atom is -0.454 e. The molecule has 1 heterocycles. The number of thiophene rings is 1. The van der Waals surface area contributed by atoms with E-state index in [1.165, 1.54) is 24.3 Å². The Hall–Kier alpha value is -1.74. The Morgan fingerprint density at radius 1 is 1.25 bits per heavy atom. The first-order chi connectivity index (χ1) is 11.3. The molecule has 0 unspecified atom stereocenters. The molecule has 2 aromatic rings. The number of nitrogens with one attached hydrogen (secondary N) is 1. The molecule has 0 fully saturated rings. The highest BCUT2D eigenvalue weighted by Crippen LogP contribution is 2.22. The number of sulfonamides is 1. The van der Waals surface area contributed by atoms with Gasteiger partial charge in [-0.3, -0.25) is 4.79 Å². The van der Waals surface area contributed by atoms with Crippen molar-refractivity contribution in [2.45, 2.75) is 11.8 Å². The van der Waals surface area contributed by atoms with Gasteiger partial charge in [-0.25, -0.2) is 17.9 Å². The van der Waals surface area contributed by atoms with Gasteiger partial charge < -0.3 is 4.74 Å². The van der Waals surface area contributed by atoms with E-state index in [1.807, 2.05) is 0 Å². The fourth-order valence-corrected chi connectivity index (χ4v) is 3.87. The summed E-state index contributed by atoms with van der Waals surface area (Å²) in [4.78, 5) is 24.2. The molecule has 0 aliphatic heterocycles. The van der Waals surface area contributed by atoms with Gasteiger partial charge in [-0.15, -0.1) is 11.3 Å². The number of rotatable bonds is 7. The molecular formula is C15H14ClNO5S2. The van der Waals surface area contributed by atoms with E-state index in [0.717, 1.165) is 11.3 Å². The van der Waals surface area contributed by atoms with E-state index in [2.05, 4.69) is 4.72 Å². The van der Waals surface area contributed by atoms with Crippen molar-refractivity contribution in [1.82, 2.24) is 4.72 Å². The highest BCUT2D eigenvalue weighted by Gasteiger charge is 2.17. The van der Waals surface area contributed by atoms with Gasteiger partial charge in [-0.2, -0.15) is 0 Å². The molecule has 0 radical (unpaired) electrons. The quantitative estimate of drug-likeness (QED) is 0.582. The van der Waals surface area contributed by atoms with Crippen molar-refractivity contribution in [3.05, 3.63) is 51.2 Å². The van der Waals surface area contributed by atoms with Crippen molar-refractivity contribution >= 4 is 44.7 Å².